The van der Waals surface area contributed by atoms with Gasteiger partial charge in [0, 0.05) is 6.54 Å². The van der Waals surface area contributed by atoms with Crippen molar-refractivity contribution in [3.05, 3.63) is 23.7 Å². The zero-order valence-corrected chi connectivity index (χ0v) is 11.4. The Morgan fingerprint density at radius 3 is 2.56 bits per heavy atom. The van der Waals surface area contributed by atoms with Crippen molar-refractivity contribution in [2.24, 2.45) is 0 Å². The molecule has 1 aromatic heterocycles. The van der Waals surface area contributed by atoms with E-state index in [0.29, 0.717) is 12.3 Å². The van der Waals surface area contributed by atoms with E-state index in [1.165, 1.54) is 4.90 Å². The number of carbonyl (C=O) groups is 1. The van der Waals surface area contributed by atoms with Crippen molar-refractivity contribution in [1.82, 2.24) is 4.90 Å². The molecule has 1 aromatic rings. The van der Waals surface area contributed by atoms with Gasteiger partial charge in [-0.25, -0.2) is 4.79 Å². The van der Waals surface area contributed by atoms with Crippen LogP contribution < -0.4 is 0 Å². The van der Waals surface area contributed by atoms with Gasteiger partial charge in [0.2, 0.25) is 0 Å². The summed E-state index contributed by atoms with van der Waals surface area (Å²) in [7, 11) is 0. The molecule has 1 rings (SSSR count). The fourth-order valence-electron chi connectivity index (χ4n) is 1.44. The number of hydrogen-bond acceptors (Lipinski definition) is 4. The third-order valence-corrected chi connectivity index (χ3v) is 2.16. The van der Waals surface area contributed by atoms with E-state index in [2.05, 4.69) is 0 Å². The minimum absolute atomic E-state index is 0.112. The molecule has 5 heteroatoms. The lowest BCUT2D eigenvalue weighted by atomic mass is 10.2. The lowest BCUT2D eigenvalue weighted by Crippen LogP contribution is -2.37. The highest BCUT2D eigenvalue weighted by Gasteiger charge is 2.22. The second kappa shape index (κ2) is 5.91. The van der Waals surface area contributed by atoms with E-state index >= 15 is 0 Å². The monoisotopic (exact) mass is 255 g/mol. The van der Waals surface area contributed by atoms with Crippen molar-refractivity contribution in [3.8, 4) is 0 Å². The number of aryl methyl sites for hydroxylation is 1. The van der Waals surface area contributed by atoms with Crippen molar-refractivity contribution in [2.45, 2.75) is 39.8 Å². The first kappa shape index (κ1) is 14.6. The lowest BCUT2D eigenvalue weighted by Gasteiger charge is -2.26. The summed E-state index contributed by atoms with van der Waals surface area (Å²) in [4.78, 5) is 13.3. The highest BCUT2D eigenvalue weighted by molar-refractivity contribution is 5.68. The van der Waals surface area contributed by atoms with Crippen molar-refractivity contribution in [2.75, 3.05) is 13.2 Å². The van der Waals surface area contributed by atoms with Gasteiger partial charge < -0.3 is 14.3 Å². The second-order valence-electron chi connectivity index (χ2n) is 5.14. The van der Waals surface area contributed by atoms with Gasteiger partial charge >= 0.3 is 6.09 Å². The van der Waals surface area contributed by atoms with Gasteiger partial charge in [0.25, 0.3) is 0 Å². The first-order valence-electron chi connectivity index (χ1n) is 5.96. The summed E-state index contributed by atoms with van der Waals surface area (Å²) >= 11 is 0. The molecular formula is C13H21NO4. The Labute approximate surface area is 107 Å². The fraction of sp³-hybridized carbons (Fsp3) is 0.615. The predicted molar refractivity (Wildman–Crippen MR) is 67.2 cm³/mol. The molecule has 0 aliphatic rings. The van der Waals surface area contributed by atoms with E-state index in [4.69, 9.17) is 14.3 Å². The number of carbonyl (C=O) groups excluding carboxylic acids is 1. The maximum Gasteiger partial charge on any atom is 0.410 e. The quantitative estimate of drug-likeness (QED) is 0.896. The smallest absolute Gasteiger partial charge is 0.410 e. The predicted octanol–water partition coefficient (Wildman–Crippen LogP) is 2.32. The Bertz CT molecular complexity index is 392. The van der Waals surface area contributed by atoms with E-state index in [1.54, 1.807) is 20.8 Å². The molecule has 0 bridgehead atoms. The third-order valence-electron chi connectivity index (χ3n) is 2.16. The molecule has 1 heterocycles. The van der Waals surface area contributed by atoms with Crippen LogP contribution in [0.3, 0.4) is 0 Å². The largest absolute Gasteiger partial charge is 0.464 e. The molecule has 1 amide bonds. The van der Waals surface area contributed by atoms with E-state index in [-0.39, 0.29) is 13.2 Å². The van der Waals surface area contributed by atoms with Crippen molar-refractivity contribution >= 4 is 6.09 Å². The van der Waals surface area contributed by atoms with Crippen LogP contribution in [0.25, 0.3) is 0 Å². The van der Waals surface area contributed by atoms with Crippen molar-refractivity contribution in [3.63, 3.8) is 0 Å². The summed E-state index contributed by atoms with van der Waals surface area (Å²) in [6.45, 7) is 7.65. The second-order valence-corrected chi connectivity index (χ2v) is 5.14. The van der Waals surface area contributed by atoms with E-state index in [9.17, 15) is 4.79 Å². The molecule has 5 nitrogen and oxygen atoms in total. The zero-order valence-electron chi connectivity index (χ0n) is 11.4. The fourth-order valence-corrected chi connectivity index (χ4v) is 1.44. The number of hydrogen-bond donors (Lipinski definition) is 1. The van der Waals surface area contributed by atoms with Gasteiger partial charge in [-0.15, -0.1) is 0 Å². The van der Waals surface area contributed by atoms with Crippen LogP contribution in [-0.2, 0) is 11.3 Å². The SMILES string of the molecule is Cc1ccc(CN(CCO)C(=O)OC(C)(C)C)o1. The van der Waals surface area contributed by atoms with E-state index in [0.717, 1.165) is 5.76 Å². The third kappa shape index (κ3) is 4.79. The molecule has 102 valence electrons. The Morgan fingerprint density at radius 2 is 2.11 bits per heavy atom. The Balaban J connectivity index is 2.67. The molecule has 1 N–H and O–H groups in total. The first-order chi connectivity index (χ1) is 8.31. The van der Waals surface area contributed by atoms with Crippen LogP contribution in [0, 0.1) is 6.92 Å². The molecule has 0 spiro atoms. The molecule has 18 heavy (non-hydrogen) atoms. The summed E-state index contributed by atoms with van der Waals surface area (Å²) in [6, 6.07) is 3.64. The molecule has 0 unspecified atom stereocenters. The van der Waals surface area contributed by atoms with E-state index in [1.807, 2.05) is 19.1 Å². The van der Waals surface area contributed by atoms with Crippen molar-refractivity contribution in [1.29, 1.82) is 0 Å². The standard InChI is InChI=1S/C13H21NO4/c1-10-5-6-11(17-10)9-14(7-8-15)12(16)18-13(2,3)4/h5-6,15H,7-9H2,1-4H3. The maximum absolute atomic E-state index is 11.9. The molecule has 0 aliphatic heterocycles. The first-order valence-corrected chi connectivity index (χ1v) is 5.96. The Morgan fingerprint density at radius 1 is 1.44 bits per heavy atom. The van der Waals surface area contributed by atoms with Gasteiger partial charge in [0.05, 0.1) is 13.2 Å². The number of rotatable bonds is 4. The number of aliphatic hydroxyl groups excluding tert-OH is 1. The van der Waals surface area contributed by atoms with Gasteiger partial charge in [-0.05, 0) is 39.8 Å². The van der Waals surface area contributed by atoms with Gasteiger partial charge in [-0.2, -0.15) is 0 Å². The average molecular weight is 255 g/mol. The Hall–Kier alpha value is -1.49. The summed E-state index contributed by atoms with van der Waals surface area (Å²) in [6.07, 6.45) is -0.453. The number of furan rings is 1. The van der Waals surface area contributed by atoms with Gasteiger partial charge in [-0.3, -0.25) is 4.90 Å². The maximum atomic E-state index is 11.9. The van der Waals surface area contributed by atoms with Crippen LogP contribution in [0.4, 0.5) is 4.79 Å². The molecule has 0 fully saturated rings. The zero-order chi connectivity index (χ0) is 13.8. The van der Waals surface area contributed by atoms with Crippen LogP contribution in [-0.4, -0.2) is 34.9 Å². The summed E-state index contributed by atoms with van der Waals surface area (Å²) in [5.41, 5.74) is -0.552. The number of nitrogens with zero attached hydrogens (tertiary/aromatic N) is 1. The van der Waals surface area contributed by atoms with Gasteiger partial charge in [0.1, 0.15) is 17.1 Å². The number of amides is 1. The molecule has 0 saturated heterocycles. The van der Waals surface area contributed by atoms with Crippen LogP contribution in [0.15, 0.2) is 16.5 Å². The average Bonchev–Trinajstić information content (AvgIpc) is 2.61. The number of aliphatic hydroxyl groups is 1. The van der Waals surface area contributed by atoms with Crippen LogP contribution in [0.5, 0.6) is 0 Å². The van der Waals surface area contributed by atoms with Gasteiger partial charge in [-0.1, -0.05) is 0 Å². The normalized spacial score (nSPS) is 11.4. The highest BCUT2D eigenvalue weighted by atomic mass is 16.6. The minimum Gasteiger partial charge on any atom is -0.464 e. The molecule has 0 atom stereocenters. The van der Waals surface area contributed by atoms with Gasteiger partial charge in [0.15, 0.2) is 0 Å². The number of ether oxygens (including phenoxy) is 1. The topological polar surface area (TPSA) is 62.9 Å². The highest BCUT2D eigenvalue weighted by Crippen LogP contribution is 2.14. The summed E-state index contributed by atoms with van der Waals surface area (Å²) < 4.78 is 10.7. The summed E-state index contributed by atoms with van der Waals surface area (Å²) in [5.74, 6) is 1.46. The Kier molecular flexibility index (Phi) is 4.78. The van der Waals surface area contributed by atoms with Crippen LogP contribution >= 0.6 is 0 Å². The van der Waals surface area contributed by atoms with Crippen molar-refractivity contribution < 1.29 is 19.1 Å². The molecule has 0 saturated carbocycles. The van der Waals surface area contributed by atoms with Crippen LogP contribution in [0.1, 0.15) is 32.3 Å². The molecule has 0 radical (unpaired) electrons. The minimum atomic E-state index is -0.552. The molecule has 0 aliphatic carbocycles. The summed E-state index contributed by atoms with van der Waals surface area (Å²) in [5, 5.41) is 8.99. The van der Waals surface area contributed by atoms with E-state index < -0.39 is 11.7 Å². The lowest BCUT2D eigenvalue weighted by molar-refractivity contribution is 0.0188. The van der Waals surface area contributed by atoms with Crippen LogP contribution in [0.2, 0.25) is 0 Å². The molecular weight excluding hydrogens is 234 g/mol. The molecule has 0 aromatic carbocycles.